The molecule has 0 atom stereocenters. The maximum Gasteiger partial charge on any atom is 0.356 e. The summed E-state index contributed by atoms with van der Waals surface area (Å²) in [6, 6.07) is 19.0. The van der Waals surface area contributed by atoms with E-state index in [0.717, 1.165) is 16.5 Å². The highest BCUT2D eigenvalue weighted by Crippen LogP contribution is 2.28. The number of ether oxygens (including phenoxy) is 1. The van der Waals surface area contributed by atoms with Gasteiger partial charge in [-0.2, -0.15) is 0 Å². The number of aromatic nitrogens is 2. The van der Waals surface area contributed by atoms with Gasteiger partial charge in [0.05, 0.1) is 4.47 Å². The summed E-state index contributed by atoms with van der Waals surface area (Å²) >= 11 is 3.45. The largest absolute Gasteiger partial charge is 0.454 e. The van der Waals surface area contributed by atoms with E-state index in [1.807, 2.05) is 54.6 Å². The van der Waals surface area contributed by atoms with Crippen molar-refractivity contribution in [3.8, 4) is 11.3 Å². The Morgan fingerprint density at radius 3 is 2.68 bits per heavy atom. The molecule has 4 rings (SSSR count). The molecule has 0 saturated heterocycles. The molecule has 4 aromatic rings. The Bertz CT molecular complexity index is 1040. The summed E-state index contributed by atoms with van der Waals surface area (Å²) in [6.07, 6.45) is 0. The first-order valence-electron chi connectivity index (χ1n) is 7.67. The van der Waals surface area contributed by atoms with Gasteiger partial charge >= 0.3 is 5.97 Å². The highest BCUT2D eigenvalue weighted by atomic mass is 79.9. The minimum absolute atomic E-state index is 0.0387. The molecule has 2 heterocycles. The SMILES string of the molecule is O=C(OCc1cc(-c2ccccc2)on1)c1[nH]c2ccccc2c1Br. The normalized spacial score (nSPS) is 10.9. The third-order valence-corrected chi connectivity index (χ3v) is 4.64. The Balaban J connectivity index is 1.48. The molecule has 25 heavy (non-hydrogen) atoms. The highest BCUT2D eigenvalue weighted by Gasteiger charge is 2.18. The predicted octanol–water partition coefficient (Wildman–Crippen LogP) is 4.94. The van der Waals surface area contributed by atoms with E-state index >= 15 is 0 Å². The minimum Gasteiger partial charge on any atom is -0.454 e. The van der Waals surface area contributed by atoms with Crippen LogP contribution in [0.1, 0.15) is 16.2 Å². The Morgan fingerprint density at radius 2 is 1.88 bits per heavy atom. The Morgan fingerprint density at radius 1 is 1.12 bits per heavy atom. The second-order valence-corrected chi connectivity index (χ2v) is 6.28. The van der Waals surface area contributed by atoms with Gasteiger partial charge in [0.2, 0.25) is 0 Å². The molecule has 2 aromatic carbocycles. The van der Waals surface area contributed by atoms with Gasteiger partial charge in [-0.15, -0.1) is 0 Å². The van der Waals surface area contributed by atoms with Crippen molar-refractivity contribution < 1.29 is 14.1 Å². The van der Waals surface area contributed by atoms with E-state index in [4.69, 9.17) is 9.26 Å². The molecule has 0 radical (unpaired) electrons. The average Bonchev–Trinajstić information content (AvgIpc) is 3.26. The van der Waals surface area contributed by atoms with Crippen LogP contribution in [-0.2, 0) is 11.3 Å². The molecule has 0 unspecified atom stereocenters. The Kier molecular flexibility index (Phi) is 4.11. The van der Waals surface area contributed by atoms with Crippen LogP contribution in [0.15, 0.2) is 69.7 Å². The number of para-hydroxylation sites is 1. The van der Waals surface area contributed by atoms with E-state index in [1.165, 1.54) is 0 Å². The monoisotopic (exact) mass is 396 g/mol. The molecular formula is C19H13BrN2O3. The van der Waals surface area contributed by atoms with Gasteiger partial charge < -0.3 is 14.2 Å². The van der Waals surface area contributed by atoms with Crippen molar-refractivity contribution in [2.24, 2.45) is 0 Å². The maximum atomic E-state index is 12.3. The number of hydrogen-bond donors (Lipinski definition) is 1. The van der Waals surface area contributed by atoms with E-state index in [1.54, 1.807) is 6.07 Å². The summed E-state index contributed by atoms with van der Waals surface area (Å²) in [5.41, 5.74) is 2.73. The fourth-order valence-electron chi connectivity index (χ4n) is 2.58. The summed E-state index contributed by atoms with van der Waals surface area (Å²) in [4.78, 5) is 15.4. The Labute approximate surface area is 151 Å². The van der Waals surface area contributed by atoms with Crippen LogP contribution in [0.25, 0.3) is 22.2 Å². The molecule has 1 N–H and O–H groups in total. The van der Waals surface area contributed by atoms with Crippen molar-refractivity contribution in [3.05, 3.63) is 76.5 Å². The molecule has 124 valence electrons. The first kappa shape index (κ1) is 15.7. The molecule has 0 fully saturated rings. The lowest BCUT2D eigenvalue weighted by Gasteiger charge is -2.00. The van der Waals surface area contributed by atoms with Crippen LogP contribution in [0.4, 0.5) is 0 Å². The summed E-state index contributed by atoms with van der Waals surface area (Å²) in [7, 11) is 0. The van der Waals surface area contributed by atoms with Gasteiger partial charge in [-0.1, -0.05) is 53.7 Å². The fourth-order valence-corrected chi connectivity index (χ4v) is 3.19. The molecule has 0 spiro atoms. The number of nitrogens with zero attached hydrogens (tertiary/aromatic N) is 1. The van der Waals surface area contributed by atoms with Crippen LogP contribution in [0.3, 0.4) is 0 Å². The van der Waals surface area contributed by atoms with Gasteiger partial charge in [0, 0.05) is 22.5 Å². The van der Waals surface area contributed by atoms with Gasteiger partial charge in [-0.3, -0.25) is 0 Å². The lowest BCUT2D eigenvalue weighted by molar-refractivity contribution is 0.0457. The second kappa shape index (κ2) is 6.57. The van der Waals surface area contributed by atoms with E-state index in [2.05, 4.69) is 26.1 Å². The van der Waals surface area contributed by atoms with Crippen molar-refractivity contribution in [1.82, 2.24) is 10.1 Å². The zero-order chi connectivity index (χ0) is 17.2. The first-order chi connectivity index (χ1) is 12.2. The van der Waals surface area contributed by atoms with Crippen LogP contribution in [-0.4, -0.2) is 16.1 Å². The van der Waals surface area contributed by atoms with E-state index < -0.39 is 5.97 Å². The number of nitrogens with one attached hydrogen (secondary N) is 1. The molecule has 0 aliphatic heterocycles. The molecule has 0 amide bonds. The second-order valence-electron chi connectivity index (χ2n) is 5.48. The van der Waals surface area contributed by atoms with Gasteiger partial charge in [0.25, 0.3) is 0 Å². The Hall–Kier alpha value is -2.86. The summed E-state index contributed by atoms with van der Waals surface area (Å²) in [5.74, 6) is 0.186. The zero-order valence-electron chi connectivity index (χ0n) is 13.0. The first-order valence-corrected chi connectivity index (χ1v) is 8.46. The molecule has 0 bridgehead atoms. The lowest BCUT2D eigenvalue weighted by atomic mass is 10.2. The quantitative estimate of drug-likeness (QED) is 0.495. The number of rotatable bonds is 4. The van der Waals surface area contributed by atoms with E-state index in [-0.39, 0.29) is 6.61 Å². The summed E-state index contributed by atoms with van der Waals surface area (Å²) in [6.45, 7) is 0.0387. The molecule has 5 nitrogen and oxygen atoms in total. The maximum absolute atomic E-state index is 12.3. The van der Waals surface area contributed by atoms with Gasteiger partial charge in [-0.05, 0) is 22.0 Å². The van der Waals surface area contributed by atoms with Gasteiger partial charge in [0.15, 0.2) is 5.76 Å². The van der Waals surface area contributed by atoms with E-state index in [9.17, 15) is 4.79 Å². The molecule has 6 heteroatoms. The number of esters is 1. The predicted molar refractivity (Wildman–Crippen MR) is 97.1 cm³/mol. The van der Waals surface area contributed by atoms with Crippen molar-refractivity contribution in [2.75, 3.05) is 0 Å². The van der Waals surface area contributed by atoms with Crippen LogP contribution >= 0.6 is 15.9 Å². The fraction of sp³-hybridized carbons (Fsp3) is 0.0526. The van der Waals surface area contributed by atoms with E-state index in [0.29, 0.717) is 21.6 Å². The summed E-state index contributed by atoms with van der Waals surface area (Å²) < 4.78 is 11.3. The van der Waals surface area contributed by atoms with Crippen molar-refractivity contribution in [2.45, 2.75) is 6.61 Å². The number of H-pyrrole nitrogens is 1. The van der Waals surface area contributed by atoms with Crippen molar-refractivity contribution in [3.63, 3.8) is 0 Å². The topological polar surface area (TPSA) is 68.1 Å². The lowest BCUT2D eigenvalue weighted by Crippen LogP contribution is -2.06. The molecule has 0 saturated carbocycles. The number of carbonyl (C=O) groups is 1. The van der Waals surface area contributed by atoms with Gasteiger partial charge in [-0.25, -0.2) is 4.79 Å². The number of halogens is 1. The molecule has 0 aliphatic carbocycles. The number of hydrogen-bond acceptors (Lipinski definition) is 4. The smallest absolute Gasteiger partial charge is 0.356 e. The average molecular weight is 397 g/mol. The van der Waals surface area contributed by atoms with Crippen LogP contribution in [0.5, 0.6) is 0 Å². The molecule has 2 aromatic heterocycles. The van der Waals surface area contributed by atoms with Crippen LogP contribution in [0.2, 0.25) is 0 Å². The van der Waals surface area contributed by atoms with Crippen LogP contribution in [0, 0.1) is 0 Å². The number of fused-ring (bicyclic) bond motifs is 1. The van der Waals surface area contributed by atoms with Crippen LogP contribution < -0.4 is 0 Å². The van der Waals surface area contributed by atoms with Crippen molar-refractivity contribution in [1.29, 1.82) is 0 Å². The molecular weight excluding hydrogens is 384 g/mol. The van der Waals surface area contributed by atoms with Crippen molar-refractivity contribution >= 4 is 32.8 Å². The zero-order valence-corrected chi connectivity index (χ0v) is 14.6. The number of carbonyl (C=O) groups excluding carboxylic acids is 1. The number of benzene rings is 2. The third-order valence-electron chi connectivity index (χ3n) is 3.82. The third kappa shape index (κ3) is 3.08. The highest BCUT2D eigenvalue weighted by molar-refractivity contribution is 9.10. The number of aromatic amines is 1. The minimum atomic E-state index is -0.452. The van der Waals surface area contributed by atoms with Gasteiger partial charge in [0.1, 0.15) is 18.0 Å². The standard InChI is InChI=1S/C19H13BrN2O3/c20-17-14-8-4-5-9-15(14)21-18(17)19(23)24-11-13-10-16(25-22-13)12-6-2-1-3-7-12/h1-10,21H,11H2. The summed E-state index contributed by atoms with van der Waals surface area (Å²) in [5, 5.41) is 4.88. The molecule has 0 aliphatic rings.